The number of imidazole rings is 1. The van der Waals surface area contributed by atoms with Gasteiger partial charge in [-0.1, -0.05) is 6.07 Å². The second kappa shape index (κ2) is 10.5. The molecule has 206 valence electrons. The standard InChI is InChI=1S/C30H32FN7O2/c31-21-7-10-38-26(18-33-28(38)15-21)23-2-3-25(29-24(23)17-34-30(29)39)35-27-4-1-22(16-32-27)37-8-5-20(6-9-37)19-36-11-13-40-14-12-36/h1-4,7,10,15-16,18,20H,5-6,8-9,11-14,17,19H2,(H,32,35)(H,34,39). The van der Waals surface area contributed by atoms with Crippen LogP contribution in [0.4, 0.5) is 21.6 Å². The van der Waals surface area contributed by atoms with Gasteiger partial charge in [-0.15, -0.1) is 0 Å². The van der Waals surface area contributed by atoms with Crippen molar-refractivity contribution < 1.29 is 13.9 Å². The lowest BCUT2D eigenvalue weighted by molar-refractivity contribution is 0.0289. The predicted octanol–water partition coefficient (Wildman–Crippen LogP) is 4.07. The molecule has 4 aromatic rings. The van der Waals surface area contributed by atoms with Crippen LogP contribution in [0.1, 0.15) is 28.8 Å². The molecule has 0 bridgehead atoms. The number of carbonyl (C=O) groups excluding carboxylic acids is 1. The molecule has 0 atom stereocenters. The van der Waals surface area contributed by atoms with Crippen molar-refractivity contribution >= 4 is 28.7 Å². The van der Waals surface area contributed by atoms with E-state index in [-0.39, 0.29) is 11.7 Å². The summed E-state index contributed by atoms with van der Waals surface area (Å²) < 4.78 is 21.0. The zero-order valence-electron chi connectivity index (χ0n) is 22.3. The molecule has 3 aliphatic heterocycles. The highest BCUT2D eigenvalue weighted by molar-refractivity contribution is 6.06. The first-order chi connectivity index (χ1) is 19.6. The number of benzene rings is 1. The molecule has 40 heavy (non-hydrogen) atoms. The molecular formula is C30H32FN7O2. The van der Waals surface area contributed by atoms with Crippen molar-refractivity contribution in [2.24, 2.45) is 5.92 Å². The summed E-state index contributed by atoms with van der Waals surface area (Å²) in [5, 5.41) is 6.30. The molecule has 3 aliphatic rings. The van der Waals surface area contributed by atoms with Crippen LogP contribution >= 0.6 is 0 Å². The van der Waals surface area contributed by atoms with Gasteiger partial charge in [0, 0.05) is 57.1 Å². The Morgan fingerprint density at radius 1 is 1.02 bits per heavy atom. The van der Waals surface area contributed by atoms with Crippen LogP contribution in [0.5, 0.6) is 0 Å². The van der Waals surface area contributed by atoms with Gasteiger partial charge in [0.05, 0.1) is 48.2 Å². The number of fused-ring (bicyclic) bond motifs is 2. The van der Waals surface area contributed by atoms with Crippen LogP contribution < -0.4 is 15.5 Å². The first-order valence-corrected chi connectivity index (χ1v) is 14.0. The first kappa shape index (κ1) is 25.0. The van der Waals surface area contributed by atoms with Crippen LogP contribution in [0, 0.1) is 11.7 Å². The maximum Gasteiger partial charge on any atom is 0.254 e. The molecule has 0 spiro atoms. The number of hydrogen-bond acceptors (Lipinski definition) is 7. The second-order valence-corrected chi connectivity index (χ2v) is 10.8. The van der Waals surface area contributed by atoms with E-state index in [9.17, 15) is 9.18 Å². The van der Waals surface area contributed by atoms with E-state index in [2.05, 4.69) is 36.5 Å². The maximum atomic E-state index is 13.7. The summed E-state index contributed by atoms with van der Waals surface area (Å²) in [7, 11) is 0. The summed E-state index contributed by atoms with van der Waals surface area (Å²) in [6.45, 7) is 7.47. The van der Waals surface area contributed by atoms with Gasteiger partial charge < -0.3 is 20.3 Å². The smallest absolute Gasteiger partial charge is 0.254 e. The molecule has 2 fully saturated rings. The molecular weight excluding hydrogens is 509 g/mol. The molecule has 2 N–H and O–H groups in total. The molecule has 0 unspecified atom stereocenters. The van der Waals surface area contributed by atoms with Crippen molar-refractivity contribution in [3.05, 3.63) is 71.9 Å². The molecule has 1 amide bonds. The Bertz CT molecular complexity index is 1540. The number of rotatable bonds is 6. The number of morpholine rings is 1. The van der Waals surface area contributed by atoms with E-state index in [4.69, 9.17) is 4.74 Å². The fourth-order valence-corrected chi connectivity index (χ4v) is 6.15. The highest BCUT2D eigenvalue weighted by atomic mass is 19.1. The lowest BCUT2D eigenvalue weighted by atomic mass is 9.95. The maximum absolute atomic E-state index is 13.7. The van der Waals surface area contributed by atoms with Crippen molar-refractivity contribution in [1.29, 1.82) is 0 Å². The monoisotopic (exact) mass is 541 g/mol. The van der Waals surface area contributed by atoms with Crippen molar-refractivity contribution in [2.45, 2.75) is 19.4 Å². The lowest BCUT2D eigenvalue weighted by Gasteiger charge is -2.37. The number of aromatic nitrogens is 3. The Labute approximate surface area is 232 Å². The molecule has 0 saturated carbocycles. The van der Waals surface area contributed by atoms with Crippen molar-refractivity contribution in [1.82, 2.24) is 24.6 Å². The third kappa shape index (κ3) is 4.77. The van der Waals surface area contributed by atoms with Crippen molar-refractivity contribution in [3.63, 3.8) is 0 Å². The summed E-state index contributed by atoms with van der Waals surface area (Å²) in [5.74, 6) is 0.959. The van der Waals surface area contributed by atoms with Crippen molar-refractivity contribution in [3.8, 4) is 11.3 Å². The van der Waals surface area contributed by atoms with Crippen LogP contribution in [-0.4, -0.2) is 71.1 Å². The summed E-state index contributed by atoms with van der Waals surface area (Å²) in [4.78, 5) is 26.8. The van der Waals surface area contributed by atoms with Crippen molar-refractivity contribution in [2.75, 3.05) is 56.2 Å². The number of carbonyl (C=O) groups is 1. The Morgan fingerprint density at radius 2 is 1.88 bits per heavy atom. The molecule has 7 rings (SSSR count). The zero-order chi connectivity index (χ0) is 27.1. The van der Waals surface area contributed by atoms with Gasteiger partial charge in [0.1, 0.15) is 17.3 Å². The number of nitrogens with zero attached hydrogens (tertiary/aromatic N) is 5. The van der Waals surface area contributed by atoms with E-state index in [0.29, 0.717) is 29.3 Å². The minimum Gasteiger partial charge on any atom is -0.379 e. The van der Waals surface area contributed by atoms with Gasteiger partial charge in [-0.2, -0.15) is 0 Å². The number of nitrogens with one attached hydrogen (secondary N) is 2. The van der Waals surface area contributed by atoms with Gasteiger partial charge in [-0.25, -0.2) is 14.4 Å². The van der Waals surface area contributed by atoms with Crippen LogP contribution in [0.15, 0.2) is 55.0 Å². The van der Waals surface area contributed by atoms with Gasteiger partial charge in [0.2, 0.25) is 0 Å². The summed E-state index contributed by atoms with van der Waals surface area (Å²) in [5.41, 5.74) is 5.54. The number of anilines is 3. The Hall–Kier alpha value is -4.02. The fourth-order valence-electron chi connectivity index (χ4n) is 6.15. The molecule has 0 aliphatic carbocycles. The van der Waals surface area contributed by atoms with Crippen LogP contribution in [0.2, 0.25) is 0 Å². The second-order valence-electron chi connectivity index (χ2n) is 10.8. The Kier molecular flexibility index (Phi) is 6.57. The molecule has 3 aromatic heterocycles. The number of piperidine rings is 1. The van der Waals surface area contributed by atoms with Gasteiger partial charge in [-0.05, 0) is 48.6 Å². The highest BCUT2D eigenvalue weighted by Gasteiger charge is 2.28. The first-order valence-electron chi connectivity index (χ1n) is 14.0. The van der Waals surface area contributed by atoms with E-state index < -0.39 is 0 Å². The predicted molar refractivity (Wildman–Crippen MR) is 151 cm³/mol. The molecule has 6 heterocycles. The van der Waals surface area contributed by atoms with E-state index in [1.165, 1.54) is 31.5 Å². The number of amides is 1. The highest BCUT2D eigenvalue weighted by Crippen LogP contribution is 2.35. The average Bonchev–Trinajstić information content (AvgIpc) is 3.58. The molecule has 0 radical (unpaired) electrons. The SMILES string of the molecule is O=C1NCc2c(-c3cnc4cc(F)ccn34)ccc(Nc3ccc(N4CCC(CN5CCOCC5)CC4)cn3)c21. The lowest BCUT2D eigenvalue weighted by Crippen LogP contribution is -2.42. The van der Waals surface area contributed by atoms with Crippen LogP contribution in [-0.2, 0) is 11.3 Å². The third-order valence-electron chi connectivity index (χ3n) is 8.33. The Morgan fingerprint density at radius 3 is 2.67 bits per heavy atom. The minimum atomic E-state index is -0.335. The van der Waals surface area contributed by atoms with E-state index in [0.717, 1.165) is 67.8 Å². The van der Waals surface area contributed by atoms with E-state index in [1.807, 2.05) is 28.8 Å². The summed E-state index contributed by atoms with van der Waals surface area (Å²) in [6, 6.07) is 10.7. The average molecular weight is 542 g/mol. The van der Waals surface area contributed by atoms with Crippen LogP contribution in [0.3, 0.4) is 0 Å². The molecule has 2 saturated heterocycles. The molecule has 10 heteroatoms. The topological polar surface area (TPSA) is 87.0 Å². The van der Waals surface area contributed by atoms with Crippen LogP contribution in [0.25, 0.3) is 16.9 Å². The normalized spacial score (nSPS) is 18.2. The Balaban J connectivity index is 1.05. The van der Waals surface area contributed by atoms with Gasteiger partial charge in [-0.3, -0.25) is 14.1 Å². The number of ether oxygens (including phenoxy) is 1. The zero-order valence-corrected chi connectivity index (χ0v) is 22.3. The largest absolute Gasteiger partial charge is 0.379 e. The number of halogens is 1. The van der Waals surface area contributed by atoms with E-state index in [1.54, 1.807) is 12.4 Å². The third-order valence-corrected chi connectivity index (χ3v) is 8.33. The van der Waals surface area contributed by atoms with Gasteiger partial charge >= 0.3 is 0 Å². The van der Waals surface area contributed by atoms with Gasteiger partial charge in [0.25, 0.3) is 5.91 Å². The fraction of sp³-hybridized carbons (Fsp3) is 0.367. The summed E-state index contributed by atoms with van der Waals surface area (Å²) in [6.07, 6.45) is 7.66. The van der Waals surface area contributed by atoms with E-state index >= 15 is 0 Å². The van der Waals surface area contributed by atoms with Gasteiger partial charge in [0.15, 0.2) is 0 Å². The number of hydrogen-bond donors (Lipinski definition) is 2. The summed E-state index contributed by atoms with van der Waals surface area (Å²) >= 11 is 0. The molecule has 1 aromatic carbocycles. The minimum absolute atomic E-state index is 0.129. The quantitative estimate of drug-likeness (QED) is 0.381. The number of pyridine rings is 2. The molecule has 9 nitrogen and oxygen atoms in total.